The molecule has 0 aliphatic heterocycles. The fraction of sp³-hybridized carbons (Fsp3) is 0.571. The second-order valence-corrected chi connectivity index (χ2v) is 7.90. The Balaban J connectivity index is 2.88. The number of benzene rings is 1. The van der Waals surface area contributed by atoms with Crippen LogP contribution in [0.4, 0.5) is 5.69 Å². The van der Waals surface area contributed by atoms with Crippen molar-refractivity contribution in [1.82, 2.24) is 4.72 Å². The maximum absolute atomic E-state index is 12.2. The Morgan fingerprint density at radius 2 is 1.89 bits per heavy atom. The van der Waals surface area contributed by atoms with Gasteiger partial charge < -0.3 is 5.73 Å². The fourth-order valence-corrected chi connectivity index (χ4v) is 2.77. The Bertz CT molecular complexity index is 545. The molecule has 5 heteroatoms. The maximum Gasteiger partial charge on any atom is 0.242 e. The van der Waals surface area contributed by atoms with Gasteiger partial charge in [0.05, 0.1) is 5.69 Å². The van der Waals surface area contributed by atoms with E-state index in [0.29, 0.717) is 6.54 Å². The third kappa shape index (κ3) is 4.21. The lowest BCUT2D eigenvalue weighted by molar-refractivity contribution is 0.263. The molecule has 0 radical (unpaired) electrons. The van der Waals surface area contributed by atoms with Crippen molar-refractivity contribution in [3.05, 3.63) is 23.8 Å². The van der Waals surface area contributed by atoms with Crippen LogP contribution < -0.4 is 10.5 Å². The summed E-state index contributed by atoms with van der Waals surface area (Å²) in [5, 5.41) is 0. The second-order valence-electron chi connectivity index (χ2n) is 6.16. The number of hydrogen-bond acceptors (Lipinski definition) is 3. The van der Waals surface area contributed by atoms with Crippen molar-refractivity contribution in [3.8, 4) is 0 Å². The van der Waals surface area contributed by atoms with Gasteiger partial charge in [0.2, 0.25) is 10.0 Å². The van der Waals surface area contributed by atoms with E-state index in [1.165, 1.54) is 0 Å². The van der Waals surface area contributed by atoms with E-state index < -0.39 is 10.0 Å². The first-order chi connectivity index (χ1) is 8.54. The zero-order valence-electron chi connectivity index (χ0n) is 12.3. The van der Waals surface area contributed by atoms with Crippen molar-refractivity contribution >= 4 is 15.7 Å². The van der Waals surface area contributed by atoms with Gasteiger partial charge in [-0.15, -0.1) is 0 Å². The van der Waals surface area contributed by atoms with Gasteiger partial charge in [-0.05, 0) is 36.0 Å². The molecule has 0 aliphatic carbocycles. The van der Waals surface area contributed by atoms with Crippen molar-refractivity contribution in [1.29, 1.82) is 0 Å². The minimum atomic E-state index is -3.54. The van der Waals surface area contributed by atoms with Crippen LogP contribution in [0.3, 0.4) is 0 Å². The molecule has 4 nitrogen and oxygen atoms in total. The van der Waals surface area contributed by atoms with Crippen molar-refractivity contribution in [2.75, 3.05) is 12.3 Å². The zero-order valence-corrected chi connectivity index (χ0v) is 13.1. The summed E-state index contributed by atoms with van der Waals surface area (Å²) in [5.74, 6) is 0.231. The topological polar surface area (TPSA) is 72.2 Å². The number of nitrogen functional groups attached to an aromatic ring is 1. The van der Waals surface area contributed by atoms with Crippen molar-refractivity contribution in [2.24, 2.45) is 11.3 Å². The first kappa shape index (κ1) is 16.0. The highest BCUT2D eigenvalue weighted by Crippen LogP contribution is 2.25. The van der Waals surface area contributed by atoms with Crippen LogP contribution >= 0.6 is 0 Å². The quantitative estimate of drug-likeness (QED) is 0.835. The highest BCUT2D eigenvalue weighted by molar-refractivity contribution is 7.89. The lowest BCUT2D eigenvalue weighted by Crippen LogP contribution is -2.34. The van der Waals surface area contributed by atoms with Crippen LogP contribution in [0.1, 0.15) is 33.3 Å². The molecule has 1 aromatic rings. The largest absolute Gasteiger partial charge is 0.398 e. The van der Waals surface area contributed by atoms with Crippen LogP contribution in [0, 0.1) is 18.3 Å². The molecule has 1 unspecified atom stereocenters. The first-order valence-electron chi connectivity index (χ1n) is 6.40. The van der Waals surface area contributed by atoms with Gasteiger partial charge in [-0.2, -0.15) is 0 Å². The Kier molecular flexibility index (Phi) is 4.63. The number of hydrogen-bond donors (Lipinski definition) is 2. The molecule has 0 heterocycles. The standard InChI is InChI=1S/C14H24N2O2S/c1-10-6-7-13(12(15)8-10)19(17,18)16-9-11(2)14(3,4)5/h6-8,11,16H,9,15H2,1-5H3. The zero-order chi connectivity index (χ0) is 14.8. The molecule has 0 bridgehead atoms. The van der Waals surface area contributed by atoms with Gasteiger partial charge in [0, 0.05) is 6.54 Å². The molecule has 0 aliphatic rings. The molecule has 0 amide bonds. The van der Waals surface area contributed by atoms with E-state index in [2.05, 4.69) is 25.5 Å². The summed E-state index contributed by atoms with van der Waals surface area (Å²) in [6.07, 6.45) is 0. The monoisotopic (exact) mass is 284 g/mol. The molecule has 0 spiro atoms. The van der Waals surface area contributed by atoms with Crippen LogP contribution in [0.25, 0.3) is 0 Å². The summed E-state index contributed by atoms with van der Waals surface area (Å²) >= 11 is 0. The lowest BCUT2D eigenvalue weighted by Gasteiger charge is -2.27. The summed E-state index contributed by atoms with van der Waals surface area (Å²) < 4.78 is 27.0. The van der Waals surface area contributed by atoms with E-state index in [1.807, 2.05) is 13.8 Å². The van der Waals surface area contributed by atoms with Crippen LogP contribution in [-0.4, -0.2) is 15.0 Å². The van der Waals surface area contributed by atoms with E-state index in [0.717, 1.165) is 5.56 Å². The van der Waals surface area contributed by atoms with E-state index in [4.69, 9.17) is 5.73 Å². The third-order valence-electron chi connectivity index (χ3n) is 3.51. The molecule has 0 saturated carbocycles. The SMILES string of the molecule is Cc1ccc(S(=O)(=O)NCC(C)C(C)(C)C)c(N)c1. The Labute approximate surface area is 116 Å². The molecular weight excluding hydrogens is 260 g/mol. The Morgan fingerprint density at radius 3 is 2.37 bits per heavy atom. The average Bonchev–Trinajstić information content (AvgIpc) is 2.24. The molecule has 0 saturated heterocycles. The minimum absolute atomic E-state index is 0.0569. The predicted octanol–water partition coefficient (Wildman–Crippen LogP) is 2.54. The number of anilines is 1. The lowest BCUT2D eigenvalue weighted by atomic mass is 9.82. The second kappa shape index (κ2) is 5.51. The maximum atomic E-state index is 12.2. The van der Waals surface area contributed by atoms with E-state index in [9.17, 15) is 8.42 Å². The molecule has 108 valence electrons. The van der Waals surface area contributed by atoms with E-state index in [1.54, 1.807) is 18.2 Å². The summed E-state index contributed by atoms with van der Waals surface area (Å²) in [6.45, 7) is 10.6. The normalized spacial score (nSPS) is 14.4. The van der Waals surface area contributed by atoms with Gasteiger partial charge in [0.1, 0.15) is 4.90 Å². The van der Waals surface area contributed by atoms with Gasteiger partial charge in [-0.25, -0.2) is 13.1 Å². The fourth-order valence-electron chi connectivity index (χ4n) is 1.53. The third-order valence-corrected chi connectivity index (χ3v) is 5.01. The molecular formula is C14H24N2O2S. The smallest absolute Gasteiger partial charge is 0.242 e. The van der Waals surface area contributed by atoms with Crippen molar-refractivity contribution in [2.45, 2.75) is 39.5 Å². The van der Waals surface area contributed by atoms with E-state index >= 15 is 0 Å². The number of nitrogens with one attached hydrogen (secondary N) is 1. The summed E-state index contributed by atoms with van der Waals surface area (Å²) in [7, 11) is -3.54. The van der Waals surface area contributed by atoms with Crippen molar-refractivity contribution in [3.63, 3.8) is 0 Å². The highest BCUT2D eigenvalue weighted by atomic mass is 32.2. The molecule has 0 fully saturated rings. The molecule has 1 aromatic carbocycles. The van der Waals surface area contributed by atoms with Gasteiger partial charge in [0.15, 0.2) is 0 Å². The Morgan fingerprint density at radius 1 is 1.32 bits per heavy atom. The van der Waals surface area contributed by atoms with Crippen molar-refractivity contribution < 1.29 is 8.42 Å². The summed E-state index contributed by atoms with van der Waals surface area (Å²) in [6, 6.07) is 4.97. The van der Waals surface area contributed by atoms with E-state index in [-0.39, 0.29) is 21.9 Å². The van der Waals surface area contributed by atoms with Gasteiger partial charge in [0.25, 0.3) is 0 Å². The molecule has 0 aromatic heterocycles. The summed E-state index contributed by atoms with van der Waals surface area (Å²) in [5.41, 5.74) is 7.07. The predicted molar refractivity (Wildman–Crippen MR) is 79.4 cm³/mol. The highest BCUT2D eigenvalue weighted by Gasteiger charge is 2.23. The van der Waals surface area contributed by atoms with Crippen LogP contribution in [0.5, 0.6) is 0 Å². The van der Waals surface area contributed by atoms with Crippen LogP contribution in [0.15, 0.2) is 23.1 Å². The molecule has 1 atom stereocenters. The first-order valence-corrected chi connectivity index (χ1v) is 7.88. The van der Waals surface area contributed by atoms with Crippen LogP contribution in [0.2, 0.25) is 0 Å². The number of aryl methyl sites for hydroxylation is 1. The molecule has 1 rings (SSSR count). The summed E-state index contributed by atoms with van der Waals surface area (Å²) in [4.78, 5) is 0.152. The van der Waals surface area contributed by atoms with Crippen LogP contribution in [-0.2, 0) is 10.0 Å². The van der Waals surface area contributed by atoms with Gasteiger partial charge in [-0.3, -0.25) is 0 Å². The molecule has 19 heavy (non-hydrogen) atoms. The number of nitrogens with two attached hydrogens (primary N) is 1. The number of sulfonamides is 1. The number of rotatable bonds is 4. The van der Waals surface area contributed by atoms with Gasteiger partial charge in [-0.1, -0.05) is 33.8 Å². The minimum Gasteiger partial charge on any atom is -0.398 e. The Hall–Kier alpha value is -1.07. The van der Waals surface area contributed by atoms with Gasteiger partial charge >= 0.3 is 0 Å². The average molecular weight is 284 g/mol. The molecule has 3 N–H and O–H groups in total.